The molecule has 3 N–H and O–H groups in total. The molecule has 0 saturated carbocycles. The Bertz CT molecular complexity index is 675. The van der Waals surface area contributed by atoms with Crippen molar-refractivity contribution >= 4 is 5.96 Å². The molecule has 1 fully saturated rings. The number of benzene rings is 1. The number of rotatable bonds is 10. The van der Waals surface area contributed by atoms with Crippen molar-refractivity contribution in [3.05, 3.63) is 35.4 Å². The fraction of sp³-hybridized carbons (Fsp3) is 0.667. The molecule has 0 aromatic heterocycles. The number of aliphatic imine (C=N–C) groups is 1. The third kappa shape index (κ3) is 10.8. The van der Waals surface area contributed by atoms with Gasteiger partial charge in [0.2, 0.25) is 0 Å². The topological polar surface area (TPSA) is 78.4 Å². The highest BCUT2D eigenvalue weighted by atomic mass is 19.4. The van der Waals surface area contributed by atoms with Crippen molar-refractivity contribution in [2.24, 2.45) is 4.99 Å². The van der Waals surface area contributed by atoms with Gasteiger partial charge < -0.3 is 25.2 Å². The molecule has 2 rings (SSSR count). The zero-order valence-electron chi connectivity index (χ0n) is 18.2. The second-order valence-corrected chi connectivity index (χ2v) is 7.86. The van der Waals surface area contributed by atoms with E-state index in [0.29, 0.717) is 50.9 Å². The summed E-state index contributed by atoms with van der Waals surface area (Å²) in [7, 11) is 0. The van der Waals surface area contributed by atoms with Gasteiger partial charge in [-0.05, 0) is 25.0 Å². The number of guanidine groups is 1. The first kappa shape index (κ1) is 25.4. The molecule has 1 saturated heterocycles. The molecule has 1 aromatic carbocycles. The second kappa shape index (κ2) is 12.2. The van der Waals surface area contributed by atoms with Gasteiger partial charge in [0.1, 0.15) is 6.61 Å². The number of morpholine rings is 1. The van der Waals surface area contributed by atoms with Crippen LogP contribution in [0.25, 0.3) is 0 Å². The maximum atomic E-state index is 12.1. The molecule has 0 amide bonds. The van der Waals surface area contributed by atoms with E-state index in [0.717, 1.165) is 18.7 Å². The number of hydrogen-bond acceptors (Lipinski definition) is 5. The first-order valence-electron chi connectivity index (χ1n) is 10.4. The van der Waals surface area contributed by atoms with Crippen LogP contribution in [-0.4, -0.2) is 80.3 Å². The van der Waals surface area contributed by atoms with E-state index >= 15 is 0 Å². The maximum Gasteiger partial charge on any atom is 0.411 e. The number of nitrogens with one attached hydrogen (secondary N) is 2. The van der Waals surface area contributed by atoms with Crippen molar-refractivity contribution in [2.45, 2.75) is 38.8 Å². The summed E-state index contributed by atoms with van der Waals surface area (Å²) in [5, 5.41) is 17.0. The average molecular weight is 447 g/mol. The van der Waals surface area contributed by atoms with Crippen LogP contribution in [0.5, 0.6) is 0 Å². The fourth-order valence-electron chi connectivity index (χ4n) is 3.11. The molecule has 1 atom stereocenters. The summed E-state index contributed by atoms with van der Waals surface area (Å²) < 4.78 is 46.4. The van der Waals surface area contributed by atoms with Crippen LogP contribution in [0.1, 0.15) is 25.0 Å². The van der Waals surface area contributed by atoms with Crippen molar-refractivity contribution in [2.75, 3.05) is 52.5 Å². The number of β-amino-alcohol motifs (C(OH)–C–C–N with tert-alkyl or cyclic N) is 1. The third-order valence-corrected chi connectivity index (χ3v) is 4.63. The van der Waals surface area contributed by atoms with Gasteiger partial charge in [-0.2, -0.15) is 13.2 Å². The highest BCUT2D eigenvalue weighted by Crippen LogP contribution is 2.16. The van der Waals surface area contributed by atoms with E-state index in [1.165, 1.54) is 0 Å². The smallest absolute Gasteiger partial charge is 0.387 e. The van der Waals surface area contributed by atoms with Gasteiger partial charge in [-0.15, -0.1) is 0 Å². The van der Waals surface area contributed by atoms with E-state index in [4.69, 9.17) is 4.74 Å². The molecule has 176 valence electrons. The van der Waals surface area contributed by atoms with Gasteiger partial charge in [0.25, 0.3) is 0 Å². The monoisotopic (exact) mass is 446 g/mol. The lowest BCUT2D eigenvalue weighted by atomic mass is 10.1. The standard InChI is InChI=1S/C21H33F3N4O3/c1-3-25-19(27-14-20(2,29)15-28-8-10-30-11-9-28)26-12-17-4-6-18(7-5-17)13-31-16-21(22,23)24/h4-7,29H,3,8-16H2,1-2H3,(H2,25,26,27). The molecule has 1 aromatic rings. The quantitative estimate of drug-likeness (QED) is 0.377. The minimum Gasteiger partial charge on any atom is -0.387 e. The summed E-state index contributed by atoms with van der Waals surface area (Å²) in [5.41, 5.74) is 0.656. The lowest BCUT2D eigenvalue weighted by molar-refractivity contribution is -0.176. The minimum absolute atomic E-state index is 0.0918. The zero-order chi connectivity index (χ0) is 22.7. The van der Waals surface area contributed by atoms with Crippen LogP contribution in [0.4, 0.5) is 13.2 Å². The van der Waals surface area contributed by atoms with E-state index < -0.39 is 18.4 Å². The van der Waals surface area contributed by atoms with Crippen LogP contribution in [-0.2, 0) is 22.6 Å². The third-order valence-electron chi connectivity index (χ3n) is 4.63. The van der Waals surface area contributed by atoms with Gasteiger partial charge in [0.15, 0.2) is 5.96 Å². The summed E-state index contributed by atoms with van der Waals surface area (Å²) in [5.74, 6) is 0.585. The van der Waals surface area contributed by atoms with Crippen molar-refractivity contribution in [3.63, 3.8) is 0 Å². The Morgan fingerprint density at radius 3 is 2.42 bits per heavy atom. The van der Waals surface area contributed by atoms with Gasteiger partial charge in [-0.1, -0.05) is 24.3 Å². The zero-order valence-corrected chi connectivity index (χ0v) is 18.2. The molecule has 0 aliphatic carbocycles. The Hall–Kier alpha value is -1.88. The van der Waals surface area contributed by atoms with Crippen LogP contribution in [0.3, 0.4) is 0 Å². The molecule has 7 nitrogen and oxygen atoms in total. The van der Waals surface area contributed by atoms with Crippen LogP contribution >= 0.6 is 0 Å². The van der Waals surface area contributed by atoms with Gasteiger partial charge >= 0.3 is 6.18 Å². The molecule has 0 spiro atoms. The van der Waals surface area contributed by atoms with Crippen LogP contribution in [0.2, 0.25) is 0 Å². The number of hydrogen-bond donors (Lipinski definition) is 3. The fourth-order valence-corrected chi connectivity index (χ4v) is 3.11. The Kier molecular flexibility index (Phi) is 10.0. The maximum absolute atomic E-state index is 12.1. The van der Waals surface area contributed by atoms with Gasteiger partial charge in [0, 0.05) is 32.7 Å². The molecule has 0 radical (unpaired) electrons. The minimum atomic E-state index is -4.32. The van der Waals surface area contributed by atoms with Gasteiger partial charge in [-0.3, -0.25) is 4.90 Å². The Morgan fingerprint density at radius 2 is 1.81 bits per heavy atom. The molecule has 1 aliphatic heterocycles. The highest BCUT2D eigenvalue weighted by Gasteiger charge is 2.27. The van der Waals surface area contributed by atoms with Crippen molar-refractivity contribution in [3.8, 4) is 0 Å². The van der Waals surface area contributed by atoms with Crippen LogP contribution in [0.15, 0.2) is 29.3 Å². The normalized spacial score (nSPS) is 17.9. The predicted molar refractivity (Wildman–Crippen MR) is 113 cm³/mol. The number of aliphatic hydroxyl groups is 1. The van der Waals surface area contributed by atoms with Crippen molar-refractivity contribution in [1.82, 2.24) is 15.5 Å². The summed E-state index contributed by atoms with van der Waals surface area (Å²) in [6.45, 7) is 7.32. The first-order valence-corrected chi connectivity index (χ1v) is 10.4. The molecule has 1 heterocycles. The molecule has 1 aliphatic rings. The Balaban J connectivity index is 1.82. The number of nitrogens with zero attached hydrogens (tertiary/aromatic N) is 2. The summed E-state index contributed by atoms with van der Waals surface area (Å²) in [6, 6.07) is 7.09. The van der Waals surface area contributed by atoms with Crippen molar-refractivity contribution < 1.29 is 27.8 Å². The first-order chi connectivity index (χ1) is 14.7. The second-order valence-electron chi connectivity index (χ2n) is 7.86. The predicted octanol–water partition coefficient (Wildman–Crippen LogP) is 1.90. The summed E-state index contributed by atoms with van der Waals surface area (Å²) in [6.07, 6.45) is -4.32. The summed E-state index contributed by atoms with van der Waals surface area (Å²) >= 11 is 0. The lowest BCUT2D eigenvalue weighted by Gasteiger charge is -2.34. The van der Waals surface area contributed by atoms with E-state index in [9.17, 15) is 18.3 Å². The van der Waals surface area contributed by atoms with Gasteiger partial charge in [-0.25, -0.2) is 4.99 Å². The van der Waals surface area contributed by atoms with E-state index in [2.05, 4.69) is 25.3 Å². The van der Waals surface area contributed by atoms with E-state index in [1.807, 2.05) is 19.1 Å². The SMILES string of the molecule is CCNC(=NCc1ccc(COCC(F)(F)F)cc1)NCC(C)(O)CN1CCOCC1. The van der Waals surface area contributed by atoms with Crippen molar-refractivity contribution in [1.29, 1.82) is 0 Å². The van der Waals surface area contributed by atoms with Gasteiger partial charge in [0.05, 0.1) is 32.0 Å². The average Bonchev–Trinajstić information content (AvgIpc) is 2.70. The van der Waals surface area contributed by atoms with Crippen LogP contribution in [0, 0.1) is 0 Å². The molecular formula is C21H33F3N4O3. The lowest BCUT2D eigenvalue weighted by Crippen LogP contribution is -2.52. The molecule has 1 unspecified atom stereocenters. The molecule has 10 heteroatoms. The summed E-state index contributed by atoms with van der Waals surface area (Å²) in [4.78, 5) is 6.70. The largest absolute Gasteiger partial charge is 0.411 e. The number of halogens is 3. The Morgan fingerprint density at radius 1 is 1.16 bits per heavy atom. The molecule has 31 heavy (non-hydrogen) atoms. The Labute approximate surface area is 181 Å². The highest BCUT2D eigenvalue weighted by molar-refractivity contribution is 5.79. The number of ether oxygens (including phenoxy) is 2. The van der Waals surface area contributed by atoms with Crippen LogP contribution < -0.4 is 10.6 Å². The van der Waals surface area contributed by atoms with E-state index in [-0.39, 0.29) is 6.61 Å². The molecule has 0 bridgehead atoms. The molecular weight excluding hydrogens is 413 g/mol. The number of alkyl halides is 3. The van der Waals surface area contributed by atoms with E-state index in [1.54, 1.807) is 19.1 Å².